The van der Waals surface area contributed by atoms with Crippen LogP contribution in [-0.4, -0.2) is 28.8 Å². The lowest BCUT2D eigenvalue weighted by Crippen LogP contribution is -2.65. The summed E-state index contributed by atoms with van der Waals surface area (Å²) in [5.41, 5.74) is -0.0276. The van der Waals surface area contributed by atoms with Crippen LogP contribution in [0.4, 0.5) is 4.79 Å². The number of rotatable bonds is 5. The minimum absolute atomic E-state index is 0.280. The number of carbonyl (C=O) groups is 3. The number of hydrogen-bond donors (Lipinski definition) is 1. The van der Waals surface area contributed by atoms with Gasteiger partial charge in [0.2, 0.25) is 11.8 Å². The lowest BCUT2D eigenvalue weighted by Gasteiger charge is -2.40. The molecule has 1 aliphatic heterocycles. The van der Waals surface area contributed by atoms with Gasteiger partial charge >= 0.3 is 6.03 Å². The molecule has 0 aromatic carbocycles. The molecule has 0 bridgehead atoms. The van der Waals surface area contributed by atoms with Gasteiger partial charge in [-0.25, -0.2) is 4.79 Å². The smallest absolute Gasteiger partial charge is 0.277 e. The first-order valence-electron chi connectivity index (χ1n) is 7.16. The molecule has 1 atom stereocenters. The SMILES string of the molecule is CCC1(CC)C(=O)NC(=O)N(C(C)Cc2ccsc2)C1=O. The third kappa shape index (κ3) is 2.60. The summed E-state index contributed by atoms with van der Waals surface area (Å²) in [6, 6.07) is 1.09. The molecule has 2 rings (SSSR count). The van der Waals surface area contributed by atoms with Gasteiger partial charge in [-0.2, -0.15) is 11.3 Å². The van der Waals surface area contributed by atoms with E-state index in [4.69, 9.17) is 0 Å². The highest BCUT2D eigenvalue weighted by atomic mass is 32.1. The molecule has 1 fully saturated rings. The molecule has 1 aliphatic rings. The molecule has 0 radical (unpaired) electrons. The molecule has 1 N–H and O–H groups in total. The highest BCUT2D eigenvalue weighted by molar-refractivity contribution is 7.07. The first-order chi connectivity index (χ1) is 9.96. The molecule has 114 valence electrons. The van der Waals surface area contributed by atoms with Crippen LogP contribution < -0.4 is 5.32 Å². The van der Waals surface area contributed by atoms with E-state index < -0.39 is 17.4 Å². The third-order valence-corrected chi connectivity index (χ3v) is 4.99. The molecule has 1 aromatic rings. The Morgan fingerprint density at radius 3 is 2.48 bits per heavy atom. The van der Waals surface area contributed by atoms with Crippen LogP contribution >= 0.6 is 11.3 Å². The Labute approximate surface area is 128 Å². The van der Waals surface area contributed by atoms with Crippen molar-refractivity contribution in [2.75, 3.05) is 0 Å². The summed E-state index contributed by atoms with van der Waals surface area (Å²) < 4.78 is 0. The van der Waals surface area contributed by atoms with E-state index in [0.717, 1.165) is 5.56 Å². The van der Waals surface area contributed by atoms with Crippen LogP contribution in [0.3, 0.4) is 0 Å². The number of carbonyl (C=O) groups excluding carboxylic acids is 3. The molecule has 4 amide bonds. The topological polar surface area (TPSA) is 66.5 Å². The van der Waals surface area contributed by atoms with Crippen LogP contribution in [0.5, 0.6) is 0 Å². The fraction of sp³-hybridized carbons (Fsp3) is 0.533. The Morgan fingerprint density at radius 1 is 1.29 bits per heavy atom. The fourth-order valence-corrected chi connectivity index (χ4v) is 3.49. The number of barbiturate groups is 1. The van der Waals surface area contributed by atoms with E-state index in [2.05, 4.69) is 5.32 Å². The fourth-order valence-electron chi connectivity index (χ4n) is 2.81. The molecular formula is C15H20N2O3S. The largest absolute Gasteiger partial charge is 0.331 e. The van der Waals surface area contributed by atoms with Gasteiger partial charge in [0.1, 0.15) is 5.41 Å². The quantitative estimate of drug-likeness (QED) is 0.850. The summed E-state index contributed by atoms with van der Waals surface area (Å²) >= 11 is 1.58. The Morgan fingerprint density at radius 2 is 1.95 bits per heavy atom. The summed E-state index contributed by atoms with van der Waals surface area (Å²) in [5, 5.41) is 6.31. The minimum atomic E-state index is -1.11. The zero-order valence-corrected chi connectivity index (χ0v) is 13.3. The van der Waals surface area contributed by atoms with E-state index in [1.807, 2.05) is 23.8 Å². The number of amides is 4. The highest BCUT2D eigenvalue weighted by Crippen LogP contribution is 2.33. The van der Waals surface area contributed by atoms with Gasteiger partial charge in [0.15, 0.2) is 0 Å². The van der Waals surface area contributed by atoms with Crippen LogP contribution in [0.15, 0.2) is 16.8 Å². The molecule has 6 heteroatoms. The maximum atomic E-state index is 12.7. The molecule has 0 spiro atoms. The molecule has 1 unspecified atom stereocenters. The molecule has 1 saturated heterocycles. The van der Waals surface area contributed by atoms with Gasteiger partial charge in [-0.15, -0.1) is 0 Å². The van der Waals surface area contributed by atoms with Crippen LogP contribution in [0.2, 0.25) is 0 Å². The van der Waals surface area contributed by atoms with Crippen molar-refractivity contribution in [3.63, 3.8) is 0 Å². The van der Waals surface area contributed by atoms with Gasteiger partial charge < -0.3 is 0 Å². The van der Waals surface area contributed by atoms with E-state index in [1.165, 1.54) is 4.90 Å². The monoisotopic (exact) mass is 308 g/mol. The summed E-state index contributed by atoms with van der Waals surface area (Å²) in [6.45, 7) is 5.44. The van der Waals surface area contributed by atoms with E-state index in [-0.39, 0.29) is 11.9 Å². The van der Waals surface area contributed by atoms with E-state index >= 15 is 0 Å². The van der Waals surface area contributed by atoms with Gasteiger partial charge in [0, 0.05) is 6.04 Å². The standard InChI is InChI=1S/C15H20N2O3S/c1-4-15(5-2)12(18)16-14(20)17(13(15)19)10(3)8-11-6-7-21-9-11/h6-7,9-10H,4-5,8H2,1-3H3,(H,16,18,20). The summed E-state index contributed by atoms with van der Waals surface area (Å²) in [6.07, 6.45) is 1.38. The van der Waals surface area contributed by atoms with Gasteiger partial charge in [0.05, 0.1) is 0 Å². The summed E-state index contributed by atoms with van der Waals surface area (Å²) in [4.78, 5) is 38.1. The molecule has 1 aromatic heterocycles. The Hall–Kier alpha value is -1.69. The van der Waals surface area contributed by atoms with Crippen LogP contribution in [0.25, 0.3) is 0 Å². The predicted octanol–water partition coefficient (Wildman–Crippen LogP) is 2.56. The molecule has 5 nitrogen and oxygen atoms in total. The molecule has 21 heavy (non-hydrogen) atoms. The van der Waals surface area contributed by atoms with Crippen LogP contribution in [0.1, 0.15) is 39.2 Å². The van der Waals surface area contributed by atoms with Gasteiger partial charge in [-0.3, -0.25) is 19.8 Å². The number of thiophene rings is 1. The zero-order valence-electron chi connectivity index (χ0n) is 12.5. The molecule has 2 heterocycles. The lowest BCUT2D eigenvalue weighted by molar-refractivity contribution is -0.153. The van der Waals surface area contributed by atoms with Crippen molar-refractivity contribution < 1.29 is 14.4 Å². The molecule has 0 saturated carbocycles. The first-order valence-corrected chi connectivity index (χ1v) is 8.10. The number of nitrogens with one attached hydrogen (secondary N) is 1. The van der Waals surface area contributed by atoms with Crippen LogP contribution in [-0.2, 0) is 16.0 Å². The number of hydrogen-bond acceptors (Lipinski definition) is 4. The van der Waals surface area contributed by atoms with Crippen molar-refractivity contribution in [2.45, 2.75) is 46.1 Å². The van der Waals surface area contributed by atoms with Crippen molar-refractivity contribution >= 4 is 29.2 Å². The normalized spacial score (nSPS) is 19.6. The summed E-state index contributed by atoms with van der Waals surface area (Å²) in [5.74, 6) is -0.842. The Balaban J connectivity index is 2.27. The van der Waals surface area contributed by atoms with E-state index in [0.29, 0.717) is 19.3 Å². The van der Waals surface area contributed by atoms with Crippen molar-refractivity contribution in [1.82, 2.24) is 10.2 Å². The molecule has 0 aliphatic carbocycles. The lowest BCUT2D eigenvalue weighted by atomic mass is 9.78. The second-order valence-electron chi connectivity index (χ2n) is 5.41. The Kier molecular flexibility index (Phi) is 4.46. The first kappa shape index (κ1) is 15.7. The average Bonchev–Trinajstić information content (AvgIpc) is 2.92. The summed E-state index contributed by atoms with van der Waals surface area (Å²) in [7, 11) is 0. The van der Waals surface area contributed by atoms with Gasteiger partial charge in [0.25, 0.3) is 0 Å². The van der Waals surface area contributed by atoms with Crippen molar-refractivity contribution in [1.29, 1.82) is 0 Å². The average molecular weight is 308 g/mol. The number of urea groups is 1. The minimum Gasteiger partial charge on any atom is -0.277 e. The highest BCUT2D eigenvalue weighted by Gasteiger charge is 2.52. The second-order valence-corrected chi connectivity index (χ2v) is 6.19. The van der Waals surface area contributed by atoms with E-state index in [9.17, 15) is 14.4 Å². The third-order valence-electron chi connectivity index (χ3n) is 4.26. The molecular weight excluding hydrogens is 288 g/mol. The van der Waals surface area contributed by atoms with Gasteiger partial charge in [-0.1, -0.05) is 13.8 Å². The van der Waals surface area contributed by atoms with Crippen molar-refractivity contribution in [2.24, 2.45) is 5.41 Å². The maximum Gasteiger partial charge on any atom is 0.331 e. The van der Waals surface area contributed by atoms with Crippen molar-refractivity contribution in [3.8, 4) is 0 Å². The Bertz CT molecular complexity index is 549. The second kappa shape index (κ2) is 5.97. The van der Waals surface area contributed by atoms with Crippen LogP contribution in [0, 0.1) is 5.41 Å². The van der Waals surface area contributed by atoms with E-state index in [1.54, 1.807) is 25.2 Å². The maximum absolute atomic E-state index is 12.7. The predicted molar refractivity (Wildman–Crippen MR) is 80.9 cm³/mol. The number of imide groups is 2. The van der Waals surface area contributed by atoms with Gasteiger partial charge in [-0.05, 0) is 48.6 Å². The van der Waals surface area contributed by atoms with Crippen molar-refractivity contribution in [3.05, 3.63) is 22.4 Å². The zero-order chi connectivity index (χ0) is 15.6. The number of nitrogens with zero attached hydrogens (tertiary/aromatic N) is 1.